The van der Waals surface area contributed by atoms with Crippen molar-refractivity contribution in [2.45, 2.75) is 44.3 Å². The first-order chi connectivity index (χ1) is 11.5. The van der Waals surface area contributed by atoms with Crippen LogP contribution in [0.4, 0.5) is 0 Å². The normalized spacial score (nSPS) is 30.2. The third-order valence-corrected chi connectivity index (χ3v) is 6.05. The Kier molecular flexibility index (Phi) is 4.44. The quantitative estimate of drug-likeness (QED) is 0.679. The molecule has 3 N–H and O–H groups in total. The van der Waals surface area contributed by atoms with E-state index in [-0.39, 0.29) is 11.1 Å². The average Bonchev–Trinajstić information content (AvgIpc) is 2.97. The molecule has 2 aromatic rings. The van der Waals surface area contributed by atoms with E-state index in [4.69, 9.17) is 4.74 Å². The molecule has 1 aliphatic heterocycles. The molecule has 25 heavy (non-hydrogen) atoms. The Morgan fingerprint density at radius 2 is 2.20 bits per heavy atom. The number of hydrogen-bond donors (Lipinski definition) is 3. The number of aromatic nitrogens is 4. The van der Waals surface area contributed by atoms with Gasteiger partial charge in [0, 0.05) is 0 Å². The average molecular weight is 368 g/mol. The van der Waals surface area contributed by atoms with Gasteiger partial charge in [-0.25, -0.2) is 9.97 Å². The zero-order chi connectivity index (χ0) is 18.6. The molecule has 1 fully saturated rings. The molecule has 1 saturated heterocycles. The Morgan fingerprint density at radius 3 is 2.84 bits per heavy atom. The highest BCUT2D eigenvalue weighted by atomic mass is 31.2. The van der Waals surface area contributed by atoms with Crippen molar-refractivity contribution in [3.05, 3.63) is 22.5 Å². The number of H-pyrrole nitrogens is 1. The molecule has 1 unspecified atom stereocenters. The maximum absolute atomic E-state index is 12.0. The first-order valence-electron chi connectivity index (χ1n) is 8.17. The zero-order valence-corrected chi connectivity index (χ0v) is 15.8. The van der Waals surface area contributed by atoms with Gasteiger partial charge in [-0.2, -0.15) is 0 Å². The number of aromatic amines is 1. The smallest absolute Gasteiger partial charge is 0.279 e. The monoisotopic (exact) mass is 368 g/mol. The predicted molar refractivity (Wildman–Crippen MR) is 98.8 cm³/mol. The van der Waals surface area contributed by atoms with Crippen molar-refractivity contribution in [1.29, 1.82) is 0 Å². The summed E-state index contributed by atoms with van der Waals surface area (Å²) in [6.45, 7) is 6.16. The van der Waals surface area contributed by atoms with Crippen LogP contribution in [-0.4, -0.2) is 73.3 Å². The summed E-state index contributed by atoms with van der Waals surface area (Å²) in [5.74, 6) is 0.442. The number of rotatable bonds is 4. The van der Waals surface area contributed by atoms with Crippen LogP contribution in [0.3, 0.4) is 0 Å². The lowest BCUT2D eigenvalue weighted by Gasteiger charge is -2.27. The molecule has 3 rings (SSSR count). The third-order valence-electron chi connectivity index (χ3n) is 4.58. The number of ether oxygens (including phenoxy) is 1. The van der Waals surface area contributed by atoms with E-state index in [2.05, 4.69) is 34.6 Å². The van der Waals surface area contributed by atoms with Crippen LogP contribution in [0.5, 0.6) is 0 Å². The Labute approximate surface area is 145 Å². The van der Waals surface area contributed by atoms with Gasteiger partial charge < -0.3 is 19.9 Å². The maximum atomic E-state index is 12.0. The van der Waals surface area contributed by atoms with Crippen LogP contribution < -0.4 is 5.56 Å². The van der Waals surface area contributed by atoms with Gasteiger partial charge in [-0.05, 0) is 39.8 Å². The minimum absolute atomic E-state index is 0.174. The van der Waals surface area contributed by atoms with Crippen LogP contribution in [0.2, 0.25) is 0 Å². The number of fused-ring (bicyclic) bond motifs is 1. The largest absolute Gasteiger partial charge is 0.387 e. The number of aliphatic hydroxyl groups is 2. The molecule has 0 bridgehead atoms. The summed E-state index contributed by atoms with van der Waals surface area (Å²) in [6.07, 6.45) is 4.60. The predicted octanol–water partition coefficient (Wildman–Crippen LogP) is 0.537. The summed E-state index contributed by atoms with van der Waals surface area (Å²) in [5, 5.41) is 21.4. The first-order valence-corrected chi connectivity index (χ1v) is 11.2. The fourth-order valence-electron chi connectivity index (χ4n) is 3.16. The second-order valence-electron chi connectivity index (χ2n) is 7.62. The van der Waals surface area contributed by atoms with Crippen molar-refractivity contribution in [1.82, 2.24) is 19.5 Å². The molecule has 2 aromatic heterocycles. The maximum Gasteiger partial charge on any atom is 0.279 e. The van der Waals surface area contributed by atoms with Gasteiger partial charge in [0.2, 0.25) is 0 Å². The first kappa shape index (κ1) is 18.3. The number of aryl methyl sites for hydroxylation is 1. The van der Waals surface area contributed by atoms with Crippen LogP contribution in [0.1, 0.15) is 25.4 Å². The van der Waals surface area contributed by atoms with E-state index in [0.29, 0.717) is 17.9 Å². The summed E-state index contributed by atoms with van der Waals surface area (Å²) in [6, 6.07) is 0. The van der Waals surface area contributed by atoms with Gasteiger partial charge in [0.15, 0.2) is 17.4 Å². The number of imidazole rings is 1. The Hall–Kier alpha value is -1.47. The van der Waals surface area contributed by atoms with Crippen LogP contribution in [0.25, 0.3) is 11.2 Å². The topological polar surface area (TPSA) is 113 Å². The van der Waals surface area contributed by atoms with Crippen molar-refractivity contribution in [3.8, 4) is 0 Å². The molecule has 0 spiro atoms. The highest BCUT2D eigenvalue weighted by molar-refractivity contribution is 7.72. The summed E-state index contributed by atoms with van der Waals surface area (Å²) in [7, 11) is 0. The molecule has 9 heteroatoms. The van der Waals surface area contributed by atoms with Gasteiger partial charge >= 0.3 is 0 Å². The summed E-state index contributed by atoms with van der Waals surface area (Å²) < 4.78 is 7.50. The zero-order valence-electron chi connectivity index (χ0n) is 14.9. The standard InChI is InChI=1S/C16H25N4O4P/c1-9-18-13-11(14(22)19-9)17-8-20(13)15-16(2,23)12(21)10(24-15)6-7-25(3,4)5/h8,10,12,15,21,23H,3,6-7H2,1-2,4-5H3,(H,18,19,22)/t10-,12-,15?,16+/m1/s1. The molecule has 0 amide bonds. The van der Waals surface area contributed by atoms with Crippen molar-refractivity contribution in [2.75, 3.05) is 19.5 Å². The second-order valence-corrected chi connectivity index (χ2v) is 11.9. The SMILES string of the molecule is C=P(C)(C)CC[C@H]1OC(n2cnc3c(=O)[nH]c(C)nc32)[C@@](C)(O)[C@@H]1O. The number of hydrogen-bond acceptors (Lipinski definition) is 6. The third kappa shape index (κ3) is 3.31. The second kappa shape index (κ2) is 6.06. The van der Waals surface area contributed by atoms with Crippen molar-refractivity contribution >= 4 is 24.3 Å². The molecule has 0 radical (unpaired) electrons. The van der Waals surface area contributed by atoms with E-state index in [1.54, 1.807) is 6.92 Å². The molecular weight excluding hydrogens is 343 g/mol. The number of nitrogens with zero attached hydrogens (tertiary/aromatic N) is 3. The lowest BCUT2D eigenvalue weighted by atomic mass is 9.95. The molecule has 1 aliphatic rings. The summed E-state index contributed by atoms with van der Waals surface area (Å²) >= 11 is 0. The van der Waals surface area contributed by atoms with Gasteiger partial charge in [-0.1, -0.05) is 0 Å². The molecule has 3 heterocycles. The van der Waals surface area contributed by atoms with Crippen LogP contribution >= 0.6 is 6.89 Å². The minimum atomic E-state index is -1.53. The minimum Gasteiger partial charge on any atom is -0.387 e. The molecule has 0 saturated carbocycles. The molecular formula is C16H25N4O4P. The van der Waals surface area contributed by atoms with Gasteiger partial charge in [-0.15, -0.1) is 13.2 Å². The van der Waals surface area contributed by atoms with E-state index in [1.165, 1.54) is 17.8 Å². The summed E-state index contributed by atoms with van der Waals surface area (Å²) in [4.78, 5) is 23.0. The highest BCUT2D eigenvalue weighted by Gasteiger charge is 2.53. The van der Waals surface area contributed by atoms with Gasteiger partial charge in [0.05, 0.1) is 12.4 Å². The molecule has 138 valence electrons. The molecule has 0 aromatic carbocycles. The molecule has 8 nitrogen and oxygen atoms in total. The van der Waals surface area contributed by atoms with Gasteiger partial charge in [0.25, 0.3) is 5.56 Å². The van der Waals surface area contributed by atoms with E-state index < -0.39 is 30.9 Å². The van der Waals surface area contributed by atoms with Gasteiger partial charge in [0.1, 0.15) is 17.5 Å². The Morgan fingerprint density at radius 1 is 1.52 bits per heavy atom. The van der Waals surface area contributed by atoms with Crippen LogP contribution in [0.15, 0.2) is 11.1 Å². The number of aliphatic hydroxyl groups excluding tert-OH is 1. The van der Waals surface area contributed by atoms with Crippen LogP contribution in [0, 0.1) is 6.92 Å². The van der Waals surface area contributed by atoms with E-state index in [0.717, 1.165) is 6.16 Å². The lowest BCUT2D eigenvalue weighted by molar-refractivity contribution is -0.0939. The van der Waals surface area contributed by atoms with E-state index in [1.807, 2.05) is 0 Å². The Bertz CT molecular complexity index is 897. The van der Waals surface area contributed by atoms with Gasteiger partial charge in [-0.3, -0.25) is 9.36 Å². The van der Waals surface area contributed by atoms with E-state index in [9.17, 15) is 15.0 Å². The van der Waals surface area contributed by atoms with Crippen molar-refractivity contribution in [3.63, 3.8) is 0 Å². The summed E-state index contributed by atoms with van der Waals surface area (Å²) in [5.41, 5.74) is -1.38. The van der Waals surface area contributed by atoms with E-state index >= 15 is 0 Å². The van der Waals surface area contributed by atoms with Crippen molar-refractivity contribution < 1.29 is 14.9 Å². The Balaban J connectivity index is 1.97. The lowest BCUT2D eigenvalue weighted by Crippen LogP contribution is -2.43. The van der Waals surface area contributed by atoms with Crippen molar-refractivity contribution in [2.24, 2.45) is 0 Å². The molecule has 0 aliphatic carbocycles. The number of nitrogens with one attached hydrogen (secondary N) is 1. The molecule has 4 atom stereocenters. The fraction of sp³-hybridized carbons (Fsp3) is 0.625. The van der Waals surface area contributed by atoms with Crippen LogP contribution in [-0.2, 0) is 4.74 Å². The fourth-order valence-corrected chi connectivity index (χ4v) is 4.11. The highest BCUT2D eigenvalue weighted by Crippen LogP contribution is 2.43.